The van der Waals surface area contributed by atoms with Crippen LogP contribution in [0.15, 0.2) is 36.4 Å². The molecular formula is C14H16N2. The van der Waals surface area contributed by atoms with Crippen molar-refractivity contribution in [2.45, 2.75) is 26.3 Å². The summed E-state index contributed by atoms with van der Waals surface area (Å²) in [5.74, 6) is 0.877. The third-order valence-corrected chi connectivity index (χ3v) is 3.18. The molecule has 0 unspecified atom stereocenters. The van der Waals surface area contributed by atoms with E-state index in [9.17, 15) is 0 Å². The first-order valence-corrected chi connectivity index (χ1v) is 5.93. The summed E-state index contributed by atoms with van der Waals surface area (Å²) >= 11 is 0. The average molecular weight is 212 g/mol. The van der Waals surface area contributed by atoms with Gasteiger partial charge in [0.25, 0.3) is 0 Å². The summed E-state index contributed by atoms with van der Waals surface area (Å²) in [5.41, 5.74) is 3.57. The predicted molar refractivity (Wildman–Crippen MR) is 65.1 cm³/mol. The zero-order valence-corrected chi connectivity index (χ0v) is 9.56. The lowest BCUT2D eigenvalue weighted by Gasteiger charge is -2.01. The van der Waals surface area contributed by atoms with Gasteiger partial charge in [-0.25, -0.2) is 0 Å². The molecule has 16 heavy (non-hydrogen) atoms. The molecule has 0 atom stereocenters. The Kier molecular flexibility index (Phi) is 2.28. The largest absolute Gasteiger partial charge is 0.269 e. The summed E-state index contributed by atoms with van der Waals surface area (Å²) < 4.78 is 2.15. The van der Waals surface area contributed by atoms with Gasteiger partial charge in [-0.05, 0) is 31.7 Å². The molecule has 2 nitrogen and oxygen atoms in total. The SMILES string of the molecule is Cc1cc(-c2ccccc2)nn1CC1CC1. The summed E-state index contributed by atoms with van der Waals surface area (Å²) in [6.07, 6.45) is 2.75. The van der Waals surface area contributed by atoms with E-state index in [0.29, 0.717) is 0 Å². The van der Waals surface area contributed by atoms with Crippen LogP contribution < -0.4 is 0 Å². The molecule has 0 saturated heterocycles. The van der Waals surface area contributed by atoms with E-state index in [1.54, 1.807) is 0 Å². The molecule has 0 radical (unpaired) electrons. The lowest BCUT2D eigenvalue weighted by Crippen LogP contribution is -2.03. The fourth-order valence-corrected chi connectivity index (χ4v) is 1.99. The van der Waals surface area contributed by atoms with Crippen molar-refractivity contribution >= 4 is 0 Å². The molecule has 1 aliphatic carbocycles. The maximum atomic E-state index is 4.68. The Morgan fingerprint density at radius 1 is 1.25 bits per heavy atom. The van der Waals surface area contributed by atoms with Gasteiger partial charge in [0.1, 0.15) is 0 Å². The van der Waals surface area contributed by atoms with Crippen molar-refractivity contribution in [1.29, 1.82) is 0 Å². The lowest BCUT2D eigenvalue weighted by atomic mass is 10.1. The van der Waals surface area contributed by atoms with Crippen molar-refractivity contribution in [3.63, 3.8) is 0 Å². The van der Waals surface area contributed by atoms with E-state index in [1.807, 2.05) is 6.07 Å². The zero-order valence-electron chi connectivity index (χ0n) is 9.56. The molecule has 0 bridgehead atoms. The predicted octanol–water partition coefficient (Wildman–Crippen LogP) is 3.27. The molecule has 1 aromatic carbocycles. The Hall–Kier alpha value is -1.57. The second kappa shape index (κ2) is 3.78. The minimum atomic E-state index is 0.877. The van der Waals surface area contributed by atoms with E-state index >= 15 is 0 Å². The van der Waals surface area contributed by atoms with Crippen LogP contribution in [0.25, 0.3) is 11.3 Å². The lowest BCUT2D eigenvalue weighted by molar-refractivity contribution is 0.551. The van der Waals surface area contributed by atoms with E-state index in [1.165, 1.54) is 24.1 Å². The molecule has 2 heteroatoms. The highest BCUT2D eigenvalue weighted by atomic mass is 15.3. The van der Waals surface area contributed by atoms with Crippen molar-refractivity contribution in [2.75, 3.05) is 0 Å². The molecular weight excluding hydrogens is 196 g/mol. The van der Waals surface area contributed by atoms with E-state index in [-0.39, 0.29) is 0 Å². The highest BCUT2D eigenvalue weighted by Crippen LogP contribution is 2.31. The monoisotopic (exact) mass is 212 g/mol. The Morgan fingerprint density at radius 2 is 2.00 bits per heavy atom. The van der Waals surface area contributed by atoms with Crippen molar-refractivity contribution in [3.05, 3.63) is 42.1 Å². The highest BCUT2D eigenvalue weighted by molar-refractivity contribution is 5.58. The molecule has 1 heterocycles. The third-order valence-electron chi connectivity index (χ3n) is 3.18. The number of benzene rings is 1. The normalized spacial score (nSPS) is 15.3. The van der Waals surface area contributed by atoms with Gasteiger partial charge in [0.2, 0.25) is 0 Å². The molecule has 2 aromatic rings. The Labute approximate surface area is 95.9 Å². The van der Waals surface area contributed by atoms with Crippen LogP contribution in [0.1, 0.15) is 18.5 Å². The summed E-state index contributed by atoms with van der Waals surface area (Å²) in [5, 5.41) is 4.68. The first kappa shape index (κ1) is 9.64. The second-order valence-corrected chi connectivity index (χ2v) is 4.66. The number of hydrogen-bond donors (Lipinski definition) is 0. The van der Waals surface area contributed by atoms with Crippen LogP contribution in [0.4, 0.5) is 0 Å². The number of hydrogen-bond acceptors (Lipinski definition) is 1. The summed E-state index contributed by atoms with van der Waals surface area (Å²) in [6.45, 7) is 3.24. The molecule has 1 saturated carbocycles. The van der Waals surface area contributed by atoms with E-state index < -0.39 is 0 Å². The average Bonchev–Trinajstić information content (AvgIpc) is 3.05. The van der Waals surface area contributed by atoms with Crippen molar-refractivity contribution in [2.24, 2.45) is 5.92 Å². The highest BCUT2D eigenvalue weighted by Gasteiger charge is 2.22. The Bertz CT molecular complexity index is 481. The minimum absolute atomic E-state index is 0.877. The molecule has 82 valence electrons. The van der Waals surface area contributed by atoms with Crippen molar-refractivity contribution in [3.8, 4) is 11.3 Å². The van der Waals surface area contributed by atoms with E-state index in [4.69, 9.17) is 0 Å². The maximum absolute atomic E-state index is 4.68. The molecule has 1 aliphatic rings. The first-order chi connectivity index (χ1) is 7.83. The molecule has 3 rings (SSSR count). The van der Waals surface area contributed by atoms with Gasteiger partial charge >= 0.3 is 0 Å². The number of aromatic nitrogens is 2. The number of aryl methyl sites for hydroxylation is 1. The van der Waals surface area contributed by atoms with Gasteiger partial charge in [-0.3, -0.25) is 4.68 Å². The van der Waals surface area contributed by atoms with Crippen molar-refractivity contribution < 1.29 is 0 Å². The van der Waals surface area contributed by atoms with E-state index in [2.05, 4.69) is 47.0 Å². The van der Waals surface area contributed by atoms with Crippen LogP contribution in [-0.2, 0) is 6.54 Å². The van der Waals surface area contributed by atoms with Gasteiger partial charge in [0, 0.05) is 17.8 Å². The van der Waals surface area contributed by atoms with Gasteiger partial charge < -0.3 is 0 Å². The maximum Gasteiger partial charge on any atom is 0.0925 e. The van der Waals surface area contributed by atoms with Crippen LogP contribution in [0.2, 0.25) is 0 Å². The number of rotatable bonds is 3. The second-order valence-electron chi connectivity index (χ2n) is 4.66. The van der Waals surface area contributed by atoms with Crippen LogP contribution in [0.3, 0.4) is 0 Å². The quantitative estimate of drug-likeness (QED) is 0.763. The molecule has 0 N–H and O–H groups in total. The summed E-state index contributed by atoms with van der Waals surface area (Å²) in [4.78, 5) is 0. The summed E-state index contributed by atoms with van der Waals surface area (Å²) in [6, 6.07) is 12.6. The third kappa shape index (κ3) is 1.87. The fourth-order valence-electron chi connectivity index (χ4n) is 1.99. The molecule has 0 aliphatic heterocycles. The zero-order chi connectivity index (χ0) is 11.0. The van der Waals surface area contributed by atoms with Crippen LogP contribution in [0, 0.1) is 12.8 Å². The van der Waals surface area contributed by atoms with Crippen LogP contribution >= 0.6 is 0 Å². The van der Waals surface area contributed by atoms with Gasteiger partial charge in [-0.2, -0.15) is 5.10 Å². The van der Waals surface area contributed by atoms with Crippen molar-refractivity contribution in [1.82, 2.24) is 9.78 Å². The molecule has 0 spiro atoms. The fraction of sp³-hybridized carbons (Fsp3) is 0.357. The first-order valence-electron chi connectivity index (χ1n) is 5.93. The Balaban J connectivity index is 1.90. The molecule has 1 aromatic heterocycles. The number of nitrogens with zero attached hydrogens (tertiary/aromatic N) is 2. The van der Waals surface area contributed by atoms with Gasteiger partial charge in [0.15, 0.2) is 0 Å². The molecule has 1 fully saturated rings. The van der Waals surface area contributed by atoms with Crippen LogP contribution in [0.5, 0.6) is 0 Å². The van der Waals surface area contributed by atoms with Gasteiger partial charge in [0.05, 0.1) is 5.69 Å². The smallest absolute Gasteiger partial charge is 0.0925 e. The Morgan fingerprint density at radius 3 is 2.69 bits per heavy atom. The van der Waals surface area contributed by atoms with E-state index in [0.717, 1.165) is 18.2 Å². The minimum Gasteiger partial charge on any atom is -0.269 e. The topological polar surface area (TPSA) is 17.8 Å². The summed E-state index contributed by atoms with van der Waals surface area (Å²) in [7, 11) is 0. The van der Waals surface area contributed by atoms with Gasteiger partial charge in [-0.15, -0.1) is 0 Å². The van der Waals surface area contributed by atoms with Crippen LogP contribution in [-0.4, -0.2) is 9.78 Å². The molecule has 0 amide bonds. The van der Waals surface area contributed by atoms with Gasteiger partial charge in [-0.1, -0.05) is 30.3 Å². The standard InChI is InChI=1S/C14H16N2/c1-11-9-14(13-5-3-2-4-6-13)15-16(11)10-12-7-8-12/h2-6,9,12H,7-8,10H2,1H3.